The average molecular weight is 280 g/mol. The summed E-state index contributed by atoms with van der Waals surface area (Å²) in [5.74, 6) is 0.622. The van der Waals surface area contributed by atoms with E-state index in [1.165, 1.54) is 5.56 Å². The van der Waals surface area contributed by atoms with Gasteiger partial charge >= 0.3 is 0 Å². The van der Waals surface area contributed by atoms with Crippen LogP contribution in [0.5, 0.6) is 5.75 Å². The van der Waals surface area contributed by atoms with E-state index in [0.717, 1.165) is 33.9 Å². The van der Waals surface area contributed by atoms with E-state index in [-0.39, 0.29) is 5.75 Å². The van der Waals surface area contributed by atoms with Crippen LogP contribution in [-0.4, -0.2) is 21.4 Å². The van der Waals surface area contributed by atoms with Gasteiger partial charge in [0.05, 0.1) is 11.9 Å². The fourth-order valence-corrected chi connectivity index (χ4v) is 3.49. The van der Waals surface area contributed by atoms with E-state index in [1.54, 1.807) is 18.2 Å². The van der Waals surface area contributed by atoms with Crippen molar-refractivity contribution in [1.82, 2.24) is 0 Å². The van der Waals surface area contributed by atoms with Gasteiger partial charge in [0.1, 0.15) is 5.75 Å². The van der Waals surface area contributed by atoms with Crippen molar-refractivity contribution in [3.63, 3.8) is 0 Å². The highest BCUT2D eigenvalue weighted by Gasteiger charge is 2.23. The quantitative estimate of drug-likeness (QED) is 0.693. The number of phenols is 1. The zero-order valence-electron chi connectivity index (χ0n) is 11.5. The lowest BCUT2D eigenvalue weighted by Crippen LogP contribution is -2.16. The van der Waals surface area contributed by atoms with E-state index in [2.05, 4.69) is 0 Å². The first kappa shape index (κ1) is 12.5. The summed E-state index contributed by atoms with van der Waals surface area (Å²) in [7, 11) is 0. The molecule has 0 heterocycles. The third-order valence-electron chi connectivity index (χ3n) is 4.44. The van der Waals surface area contributed by atoms with E-state index in [9.17, 15) is 15.3 Å². The topological polar surface area (TPSA) is 60.7 Å². The number of aliphatic hydroxyl groups is 2. The summed E-state index contributed by atoms with van der Waals surface area (Å²) in [4.78, 5) is 0. The lowest BCUT2D eigenvalue weighted by atomic mass is 9.80. The van der Waals surface area contributed by atoms with Crippen molar-refractivity contribution in [2.75, 3.05) is 0 Å². The third-order valence-corrected chi connectivity index (χ3v) is 4.44. The highest BCUT2D eigenvalue weighted by atomic mass is 16.3. The summed E-state index contributed by atoms with van der Waals surface area (Å²) in [6.07, 6.45) is 7.13. The molecule has 2 aromatic rings. The van der Waals surface area contributed by atoms with Crippen molar-refractivity contribution in [3.8, 4) is 5.75 Å². The Morgan fingerprint density at radius 1 is 0.952 bits per heavy atom. The molecule has 3 N–H and O–H groups in total. The Bertz CT molecular complexity index is 815. The molecule has 0 aliphatic heterocycles. The molecule has 0 aromatic heterocycles. The van der Waals surface area contributed by atoms with Gasteiger partial charge in [-0.2, -0.15) is 0 Å². The fourth-order valence-electron chi connectivity index (χ4n) is 3.49. The molecule has 0 fully saturated rings. The molecule has 2 aliphatic carbocycles. The minimum atomic E-state index is -0.462. The predicted molar refractivity (Wildman–Crippen MR) is 83.3 cm³/mol. The standard InChI is InChI=1S/C18H16O3/c19-10-1-4-13-16(7-10)14-5-2-12(21)9-18(14)15-6-3-11(20)8-17(13)15/h1-2,4-5,7-8,12,19-21H,3,6,9H2. The van der Waals surface area contributed by atoms with Crippen LogP contribution < -0.4 is 0 Å². The Morgan fingerprint density at radius 2 is 1.81 bits per heavy atom. The summed E-state index contributed by atoms with van der Waals surface area (Å²) in [6.45, 7) is 0. The van der Waals surface area contributed by atoms with Crippen LogP contribution in [0, 0.1) is 0 Å². The SMILES string of the molecule is OC1=Cc2c(c3c(c4cc(O)ccc24)C=CC(O)C3)CC1. The highest BCUT2D eigenvalue weighted by molar-refractivity contribution is 6.00. The minimum Gasteiger partial charge on any atom is -0.512 e. The Labute approximate surface area is 122 Å². The number of phenolic OH excluding ortho intramolecular Hbond substituents is 1. The zero-order valence-corrected chi connectivity index (χ0v) is 11.5. The van der Waals surface area contributed by atoms with Crippen LogP contribution in [0.25, 0.3) is 22.9 Å². The third kappa shape index (κ3) is 1.85. The van der Waals surface area contributed by atoms with Crippen LogP contribution in [0.3, 0.4) is 0 Å². The molecule has 0 spiro atoms. The molecule has 0 amide bonds. The van der Waals surface area contributed by atoms with E-state index in [0.29, 0.717) is 18.6 Å². The van der Waals surface area contributed by atoms with Gasteiger partial charge in [0.2, 0.25) is 0 Å². The number of fused-ring (bicyclic) bond motifs is 6. The number of aromatic hydroxyl groups is 1. The molecule has 106 valence electrons. The van der Waals surface area contributed by atoms with Crippen LogP contribution in [0.2, 0.25) is 0 Å². The summed E-state index contributed by atoms with van der Waals surface area (Å²) in [5.41, 5.74) is 4.46. The molecule has 2 aliphatic rings. The van der Waals surface area contributed by atoms with E-state index >= 15 is 0 Å². The number of aliphatic hydroxyl groups excluding tert-OH is 2. The van der Waals surface area contributed by atoms with Crippen LogP contribution >= 0.6 is 0 Å². The van der Waals surface area contributed by atoms with Crippen molar-refractivity contribution < 1.29 is 15.3 Å². The van der Waals surface area contributed by atoms with Crippen molar-refractivity contribution in [3.05, 3.63) is 52.3 Å². The van der Waals surface area contributed by atoms with E-state index < -0.39 is 6.10 Å². The van der Waals surface area contributed by atoms with Crippen LogP contribution in [0.1, 0.15) is 28.7 Å². The maximum absolute atomic E-state index is 9.94. The molecule has 0 saturated heterocycles. The summed E-state index contributed by atoms with van der Waals surface area (Å²) >= 11 is 0. The highest BCUT2D eigenvalue weighted by Crippen LogP contribution is 2.39. The van der Waals surface area contributed by atoms with Gasteiger partial charge in [-0.05, 0) is 57.7 Å². The van der Waals surface area contributed by atoms with E-state index in [1.807, 2.05) is 18.2 Å². The van der Waals surface area contributed by atoms with Gasteiger partial charge < -0.3 is 15.3 Å². The van der Waals surface area contributed by atoms with Crippen LogP contribution in [0.4, 0.5) is 0 Å². The Hall–Kier alpha value is -2.26. The number of allylic oxidation sites excluding steroid dienone is 1. The largest absolute Gasteiger partial charge is 0.512 e. The maximum atomic E-state index is 9.94. The van der Waals surface area contributed by atoms with Gasteiger partial charge in [0.25, 0.3) is 0 Å². The molecular formula is C18H16O3. The summed E-state index contributed by atoms with van der Waals surface area (Å²) in [5, 5.41) is 31.6. The number of hydrogen-bond acceptors (Lipinski definition) is 3. The van der Waals surface area contributed by atoms with Gasteiger partial charge in [0, 0.05) is 12.8 Å². The monoisotopic (exact) mass is 280 g/mol. The molecule has 1 unspecified atom stereocenters. The van der Waals surface area contributed by atoms with Crippen molar-refractivity contribution in [2.45, 2.75) is 25.4 Å². The second kappa shape index (κ2) is 4.37. The lowest BCUT2D eigenvalue weighted by molar-refractivity contribution is 0.223. The molecule has 4 rings (SSSR count). The van der Waals surface area contributed by atoms with Crippen molar-refractivity contribution in [1.29, 1.82) is 0 Å². The number of benzene rings is 2. The first-order chi connectivity index (χ1) is 10.1. The van der Waals surface area contributed by atoms with Crippen molar-refractivity contribution >= 4 is 22.9 Å². The lowest BCUT2D eigenvalue weighted by Gasteiger charge is -2.26. The second-order valence-corrected chi connectivity index (χ2v) is 5.78. The van der Waals surface area contributed by atoms with Gasteiger partial charge in [-0.1, -0.05) is 18.2 Å². The minimum absolute atomic E-state index is 0.230. The van der Waals surface area contributed by atoms with Crippen molar-refractivity contribution in [2.24, 2.45) is 0 Å². The Morgan fingerprint density at radius 3 is 2.67 bits per heavy atom. The fraction of sp³-hybridized carbons (Fsp3) is 0.222. The van der Waals surface area contributed by atoms with Gasteiger partial charge in [-0.3, -0.25) is 0 Å². The first-order valence-corrected chi connectivity index (χ1v) is 7.20. The first-order valence-electron chi connectivity index (χ1n) is 7.20. The normalized spacial score (nSPS) is 20.0. The van der Waals surface area contributed by atoms with Gasteiger partial charge in [-0.25, -0.2) is 0 Å². The molecular weight excluding hydrogens is 264 g/mol. The molecule has 1 atom stereocenters. The molecule has 3 nitrogen and oxygen atoms in total. The van der Waals surface area contributed by atoms with Gasteiger partial charge in [0.15, 0.2) is 0 Å². The Balaban J connectivity index is 2.15. The number of rotatable bonds is 0. The molecule has 0 radical (unpaired) electrons. The second-order valence-electron chi connectivity index (χ2n) is 5.78. The predicted octanol–water partition coefficient (Wildman–Crippen LogP) is 3.32. The molecule has 2 aromatic carbocycles. The molecule has 0 saturated carbocycles. The zero-order chi connectivity index (χ0) is 14.6. The van der Waals surface area contributed by atoms with Gasteiger partial charge in [-0.15, -0.1) is 0 Å². The van der Waals surface area contributed by atoms with E-state index in [4.69, 9.17) is 0 Å². The van der Waals surface area contributed by atoms with Crippen LogP contribution in [0.15, 0.2) is 30.0 Å². The number of hydrogen-bond donors (Lipinski definition) is 3. The Kier molecular flexibility index (Phi) is 2.59. The average Bonchev–Trinajstić information content (AvgIpc) is 2.46. The molecule has 0 bridgehead atoms. The molecule has 21 heavy (non-hydrogen) atoms. The van der Waals surface area contributed by atoms with Crippen LogP contribution in [-0.2, 0) is 12.8 Å². The maximum Gasteiger partial charge on any atom is 0.116 e. The summed E-state index contributed by atoms with van der Waals surface area (Å²) < 4.78 is 0. The smallest absolute Gasteiger partial charge is 0.116 e. The molecule has 3 heteroatoms. The summed E-state index contributed by atoms with van der Waals surface area (Å²) in [6, 6.07) is 5.34.